The van der Waals surface area contributed by atoms with Crippen LogP contribution in [0, 0.1) is 5.92 Å². The molecule has 1 saturated carbocycles. The molecule has 36 heavy (non-hydrogen) atoms. The van der Waals surface area contributed by atoms with Crippen molar-refractivity contribution in [1.82, 2.24) is 14.9 Å². The Balaban J connectivity index is 1.41. The van der Waals surface area contributed by atoms with Gasteiger partial charge in [0, 0.05) is 18.2 Å². The van der Waals surface area contributed by atoms with Gasteiger partial charge in [0.1, 0.15) is 17.1 Å². The summed E-state index contributed by atoms with van der Waals surface area (Å²) in [5, 5.41) is 6.45. The Hall–Kier alpha value is -3.36. The van der Waals surface area contributed by atoms with Gasteiger partial charge in [0.25, 0.3) is 5.91 Å². The summed E-state index contributed by atoms with van der Waals surface area (Å²) in [6.07, 6.45) is 3.07. The Labute approximate surface area is 219 Å². The van der Waals surface area contributed by atoms with Gasteiger partial charge in [0.05, 0.1) is 23.2 Å². The minimum Gasteiger partial charge on any atom is -0.497 e. The second kappa shape index (κ2) is 9.26. The Morgan fingerprint density at radius 2 is 1.83 bits per heavy atom. The molecule has 1 aromatic heterocycles. The van der Waals surface area contributed by atoms with Gasteiger partial charge in [-0.25, -0.2) is 9.97 Å². The molecule has 1 aliphatic heterocycles. The molecule has 8 nitrogen and oxygen atoms in total. The van der Waals surface area contributed by atoms with E-state index in [-0.39, 0.29) is 28.6 Å². The summed E-state index contributed by atoms with van der Waals surface area (Å²) in [6, 6.07) is 11.2. The summed E-state index contributed by atoms with van der Waals surface area (Å²) in [6.45, 7) is 4.40. The summed E-state index contributed by atoms with van der Waals surface area (Å²) in [5.74, 6) is 1.12. The Morgan fingerprint density at radius 3 is 2.50 bits per heavy atom. The molecule has 10 heteroatoms. The molecule has 0 spiro atoms. The molecule has 3 aromatic rings. The van der Waals surface area contributed by atoms with E-state index in [0.717, 1.165) is 29.7 Å². The number of hydrogen-bond donors (Lipinski definition) is 2. The molecule has 1 aliphatic carbocycles. The third-order valence-corrected chi connectivity index (χ3v) is 7.28. The molecule has 2 amide bonds. The highest BCUT2D eigenvalue weighted by Gasteiger charge is 2.44. The molecule has 186 valence electrons. The smallest absolute Gasteiger partial charge is 0.256 e. The number of ether oxygens (including phenoxy) is 1. The summed E-state index contributed by atoms with van der Waals surface area (Å²) >= 11 is 13.1. The lowest BCUT2D eigenvalue weighted by molar-refractivity contribution is -0.117. The molecular weight excluding hydrogens is 501 g/mol. The van der Waals surface area contributed by atoms with E-state index >= 15 is 0 Å². The van der Waals surface area contributed by atoms with E-state index in [4.69, 9.17) is 27.9 Å². The van der Waals surface area contributed by atoms with Crippen LogP contribution < -0.4 is 15.4 Å². The van der Waals surface area contributed by atoms with Crippen LogP contribution in [0.5, 0.6) is 5.75 Å². The van der Waals surface area contributed by atoms with Crippen molar-refractivity contribution in [2.75, 3.05) is 17.7 Å². The third-order valence-electron chi connectivity index (χ3n) is 6.62. The van der Waals surface area contributed by atoms with Crippen LogP contribution in [0.25, 0.3) is 0 Å². The second-order valence-corrected chi connectivity index (χ2v) is 10.2. The first kappa shape index (κ1) is 24.3. The molecular formula is C26H25Cl2N5O3. The first-order chi connectivity index (χ1) is 17.2. The number of aromatic nitrogens is 2. The number of nitrogens with zero attached hydrogens (tertiary/aromatic N) is 3. The molecule has 2 aromatic carbocycles. The zero-order valence-corrected chi connectivity index (χ0v) is 21.6. The van der Waals surface area contributed by atoms with Crippen LogP contribution in [0.15, 0.2) is 42.7 Å². The largest absolute Gasteiger partial charge is 0.497 e. The number of rotatable bonds is 7. The van der Waals surface area contributed by atoms with Crippen LogP contribution in [0.4, 0.5) is 17.3 Å². The summed E-state index contributed by atoms with van der Waals surface area (Å²) in [5.41, 5.74) is 2.25. The number of halogens is 2. The predicted molar refractivity (Wildman–Crippen MR) is 139 cm³/mol. The summed E-state index contributed by atoms with van der Waals surface area (Å²) < 4.78 is 5.23. The van der Waals surface area contributed by atoms with E-state index in [1.165, 1.54) is 6.33 Å². The standard InChI is InChI=1S/C26H25Cl2N5O3/c1-26(2)18-10-16(31-22-21(28)23(30-13-29-22)32-24(34)15-6-7-15)11-19(27)20(18)25(35)33(26)12-14-4-8-17(36-3)9-5-14/h4-5,8-11,13,15H,6-7,12H2,1-3H3,(H2,29,30,31,32,34). The fourth-order valence-corrected chi connectivity index (χ4v) is 4.83. The SMILES string of the molecule is COc1ccc(CN2C(=O)c3c(Cl)cc(Nc4ncnc(NC(=O)C5CC5)c4Cl)cc3C2(C)C)cc1. The molecule has 0 radical (unpaired) electrons. The van der Waals surface area contributed by atoms with Gasteiger partial charge < -0.3 is 20.3 Å². The molecule has 2 heterocycles. The fraction of sp³-hybridized carbons (Fsp3) is 0.308. The number of fused-ring (bicyclic) bond motifs is 1. The van der Waals surface area contributed by atoms with Gasteiger partial charge in [0.2, 0.25) is 5.91 Å². The van der Waals surface area contributed by atoms with Crippen LogP contribution in [0.3, 0.4) is 0 Å². The average molecular weight is 526 g/mol. The molecule has 1 fully saturated rings. The van der Waals surface area contributed by atoms with Gasteiger partial charge in [-0.3, -0.25) is 9.59 Å². The lowest BCUT2D eigenvalue weighted by atomic mass is 9.93. The molecule has 0 bridgehead atoms. The van der Waals surface area contributed by atoms with Crippen molar-refractivity contribution in [3.05, 3.63) is 69.5 Å². The van der Waals surface area contributed by atoms with Crippen molar-refractivity contribution >= 4 is 52.3 Å². The van der Waals surface area contributed by atoms with Crippen molar-refractivity contribution < 1.29 is 14.3 Å². The van der Waals surface area contributed by atoms with Crippen LogP contribution in [-0.4, -0.2) is 33.8 Å². The minimum absolute atomic E-state index is 0.0172. The van der Waals surface area contributed by atoms with Gasteiger partial charge in [-0.2, -0.15) is 0 Å². The van der Waals surface area contributed by atoms with Crippen molar-refractivity contribution in [3.63, 3.8) is 0 Å². The van der Waals surface area contributed by atoms with Gasteiger partial charge in [-0.1, -0.05) is 35.3 Å². The molecule has 2 aliphatic rings. The fourth-order valence-electron chi connectivity index (χ4n) is 4.34. The van der Waals surface area contributed by atoms with E-state index in [1.54, 1.807) is 18.1 Å². The maximum atomic E-state index is 13.4. The highest BCUT2D eigenvalue weighted by Crippen LogP contribution is 2.44. The van der Waals surface area contributed by atoms with Crippen LogP contribution in [0.2, 0.25) is 10.0 Å². The number of benzene rings is 2. The minimum atomic E-state index is -0.619. The Kier molecular flexibility index (Phi) is 6.26. The van der Waals surface area contributed by atoms with E-state index in [0.29, 0.717) is 28.6 Å². The number of carbonyl (C=O) groups is 2. The quantitative estimate of drug-likeness (QED) is 0.406. The number of hydrogen-bond acceptors (Lipinski definition) is 6. The zero-order valence-electron chi connectivity index (χ0n) is 20.1. The van der Waals surface area contributed by atoms with Gasteiger partial charge >= 0.3 is 0 Å². The van der Waals surface area contributed by atoms with E-state index in [2.05, 4.69) is 20.6 Å². The number of methoxy groups -OCH3 is 1. The predicted octanol–water partition coefficient (Wildman–Crippen LogP) is 5.78. The van der Waals surface area contributed by atoms with Crippen LogP contribution in [0.1, 0.15) is 48.2 Å². The number of carbonyl (C=O) groups excluding carboxylic acids is 2. The molecule has 5 rings (SSSR count). The molecule has 2 N–H and O–H groups in total. The lowest BCUT2D eigenvalue weighted by Crippen LogP contribution is -2.38. The number of amides is 2. The van der Waals surface area contributed by atoms with Crippen LogP contribution in [-0.2, 0) is 16.9 Å². The molecule has 0 atom stereocenters. The monoisotopic (exact) mass is 525 g/mol. The maximum absolute atomic E-state index is 13.4. The number of nitrogens with one attached hydrogen (secondary N) is 2. The lowest BCUT2D eigenvalue weighted by Gasteiger charge is -2.32. The van der Waals surface area contributed by atoms with Crippen molar-refractivity contribution in [3.8, 4) is 5.75 Å². The first-order valence-electron chi connectivity index (χ1n) is 11.6. The van der Waals surface area contributed by atoms with E-state index in [9.17, 15) is 9.59 Å². The zero-order chi connectivity index (χ0) is 25.6. The summed E-state index contributed by atoms with van der Waals surface area (Å²) in [7, 11) is 1.62. The highest BCUT2D eigenvalue weighted by molar-refractivity contribution is 6.36. The van der Waals surface area contributed by atoms with Gasteiger partial charge in [-0.15, -0.1) is 0 Å². The molecule has 0 unspecified atom stereocenters. The van der Waals surface area contributed by atoms with Crippen LogP contribution >= 0.6 is 23.2 Å². The van der Waals surface area contributed by atoms with Crippen molar-refractivity contribution in [2.45, 2.75) is 38.8 Å². The molecule has 0 saturated heterocycles. The van der Waals surface area contributed by atoms with Gasteiger partial charge in [0.15, 0.2) is 11.6 Å². The van der Waals surface area contributed by atoms with Crippen molar-refractivity contribution in [1.29, 1.82) is 0 Å². The maximum Gasteiger partial charge on any atom is 0.256 e. The second-order valence-electron chi connectivity index (χ2n) is 9.45. The Bertz CT molecular complexity index is 1360. The Morgan fingerprint density at radius 1 is 1.14 bits per heavy atom. The summed E-state index contributed by atoms with van der Waals surface area (Å²) in [4.78, 5) is 35.7. The third kappa shape index (κ3) is 4.47. The highest BCUT2D eigenvalue weighted by atomic mass is 35.5. The average Bonchev–Trinajstić information content (AvgIpc) is 3.68. The number of anilines is 3. The topological polar surface area (TPSA) is 96.4 Å². The first-order valence-corrected chi connectivity index (χ1v) is 12.3. The van der Waals surface area contributed by atoms with E-state index < -0.39 is 5.54 Å². The normalized spacial score (nSPS) is 16.0. The van der Waals surface area contributed by atoms with E-state index in [1.807, 2.05) is 44.2 Å². The van der Waals surface area contributed by atoms with Gasteiger partial charge in [-0.05, 0) is 62.1 Å². The van der Waals surface area contributed by atoms with Crippen molar-refractivity contribution in [2.24, 2.45) is 5.92 Å².